The lowest BCUT2D eigenvalue weighted by Crippen LogP contribution is -2.12. The Balaban J connectivity index is 0.00000841. The van der Waals surface area contributed by atoms with Crippen molar-refractivity contribution in [3.63, 3.8) is 0 Å². The Morgan fingerprint density at radius 1 is 0.767 bits per heavy atom. The molecule has 0 aliphatic heterocycles. The highest BCUT2D eigenvalue weighted by atomic mass is 35.5. The number of hydrogen-bond donors (Lipinski definition) is 2. The monoisotopic (exact) mass is 443 g/mol. The second-order valence-electron chi connectivity index (χ2n) is 8.06. The highest BCUT2D eigenvalue weighted by Gasteiger charge is 2.12. The predicted octanol–water partition coefficient (Wildman–Crippen LogP) is 6.97. The molecule has 176 valence electrons. The highest BCUT2D eigenvalue weighted by Crippen LogP contribution is 2.31. The third-order valence-electron chi connectivity index (χ3n) is 5.35. The molecule has 1 atom stereocenters. The fourth-order valence-corrected chi connectivity index (χ4v) is 3.42. The Labute approximate surface area is 191 Å². The zero-order chi connectivity index (χ0) is 21.2. The first-order valence-corrected chi connectivity index (χ1v) is 12.0. The summed E-state index contributed by atoms with van der Waals surface area (Å²) in [6.45, 7) is 6.00. The Bertz CT molecular complexity index is 513. The maximum atomic E-state index is 9.17. The SMILES string of the molecule is CCCCCCCCOc1ccc(C(N)CCO)cc1OCCCCCCCC.Cl. The molecule has 0 aliphatic rings. The summed E-state index contributed by atoms with van der Waals surface area (Å²) in [5.41, 5.74) is 7.16. The molecule has 0 bridgehead atoms. The average molecular weight is 444 g/mol. The maximum Gasteiger partial charge on any atom is 0.161 e. The van der Waals surface area contributed by atoms with Gasteiger partial charge in [-0.1, -0.05) is 84.1 Å². The molecule has 0 aliphatic carbocycles. The van der Waals surface area contributed by atoms with Gasteiger partial charge < -0.3 is 20.3 Å². The molecule has 0 heterocycles. The molecule has 5 heteroatoms. The van der Waals surface area contributed by atoms with Gasteiger partial charge in [-0.2, -0.15) is 0 Å². The molecular weight excluding hydrogens is 398 g/mol. The summed E-state index contributed by atoms with van der Waals surface area (Å²) in [5.74, 6) is 1.60. The van der Waals surface area contributed by atoms with Crippen molar-refractivity contribution >= 4 is 12.4 Å². The highest BCUT2D eigenvalue weighted by molar-refractivity contribution is 5.85. The zero-order valence-corrected chi connectivity index (χ0v) is 20.2. The van der Waals surface area contributed by atoms with E-state index in [1.54, 1.807) is 0 Å². The van der Waals surface area contributed by atoms with Crippen LogP contribution in [0.2, 0.25) is 0 Å². The van der Waals surface area contributed by atoms with Gasteiger partial charge in [0, 0.05) is 12.6 Å². The van der Waals surface area contributed by atoms with Crippen molar-refractivity contribution in [3.8, 4) is 11.5 Å². The van der Waals surface area contributed by atoms with Crippen molar-refractivity contribution in [3.05, 3.63) is 23.8 Å². The van der Waals surface area contributed by atoms with E-state index in [0.717, 1.165) is 36.5 Å². The molecule has 0 saturated heterocycles. The molecule has 30 heavy (non-hydrogen) atoms. The largest absolute Gasteiger partial charge is 0.490 e. The van der Waals surface area contributed by atoms with Crippen LogP contribution in [0.25, 0.3) is 0 Å². The van der Waals surface area contributed by atoms with E-state index < -0.39 is 0 Å². The van der Waals surface area contributed by atoms with Crippen molar-refractivity contribution in [2.24, 2.45) is 5.73 Å². The summed E-state index contributed by atoms with van der Waals surface area (Å²) in [7, 11) is 0. The number of aliphatic hydroxyl groups excluding tert-OH is 1. The van der Waals surface area contributed by atoms with Gasteiger partial charge in [-0.25, -0.2) is 0 Å². The number of unbranched alkanes of at least 4 members (excludes halogenated alkanes) is 10. The fraction of sp³-hybridized carbons (Fsp3) is 0.760. The first kappa shape index (κ1) is 29.0. The van der Waals surface area contributed by atoms with Crippen LogP contribution in [0.15, 0.2) is 18.2 Å². The minimum absolute atomic E-state index is 0. The molecule has 1 rings (SSSR count). The Kier molecular flexibility index (Phi) is 19.3. The summed E-state index contributed by atoms with van der Waals surface area (Å²) in [6, 6.07) is 5.78. The quantitative estimate of drug-likeness (QED) is 0.226. The van der Waals surface area contributed by atoms with E-state index in [2.05, 4.69) is 13.8 Å². The average Bonchev–Trinajstić information content (AvgIpc) is 2.73. The third-order valence-corrected chi connectivity index (χ3v) is 5.35. The Morgan fingerprint density at radius 3 is 1.80 bits per heavy atom. The van der Waals surface area contributed by atoms with E-state index >= 15 is 0 Å². The lowest BCUT2D eigenvalue weighted by atomic mass is 10.0. The number of benzene rings is 1. The van der Waals surface area contributed by atoms with Crippen molar-refractivity contribution in [2.45, 2.75) is 103 Å². The van der Waals surface area contributed by atoms with Gasteiger partial charge in [0.1, 0.15) is 0 Å². The van der Waals surface area contributed by atoms with Crippen molar-refractivity contribution in [1.82, 2.24) is 0 Å². The Hall–Kier alpha value is -0.970. The van der Waals surface area contributed by atoms with Gasteiger partial charge in [0.25, 0.3) is 0 Å². The minimum Gasteiger partial charge on any atom is -0.490 e. The molecule has 3 N–H and O–H groups in total. The van der Waals surface area contributed by atoms with E-state index in [1.807, 2.05) is 18.2 Å². The number of aliphatic hydroxyl groups is 1. The Morgan fingerprint density at radius 2 is 1.27 bits per heavy atom. The zero-order valence-electron chi connectivity index (χ0n) is 19.4. The van der Waals surface area contributed by atoms with Crippen LogP contribution >= 0.6 is 12.4 Å². The van der Waals surface area contributed by atoms with Crippen LogP contribution in [0.1, 0.15) is 109 Å². The van der Waals surface area contributed by atoms with Gasteiger partial charge in [-0.05, 0) is 37.0 Å². The van der Waals surface area contributed by atoms with E-state index in [0.29, 0.717) is 13.0 Å². The fourth-order valence-electron chi connectivity index (χ4n) is 3.42. The van der Waals surface area contributed by atoms with E-state index in [-0.39, 0.29) is 25.1 Å². The summed E-state index contributed by atoms with van der Waals surface area (Å²) in [6.07, 6.45) is 15.5. The maximum absolute atomic E-state index is 9.17. The number of ether oxygens (including phenoxy) is 2. The molecule has 0 amide bonds. The van der Waals surface area contributed by atoms with Crippen LogP contribution < -0.4 is 15.2 Å². The predicted molar refractivity (Wildman–Crippen MR) is 130 cm³/mol. The van der Waals surface area contributed by atoms with Crippen LogP contribution in [0.3, 0.4) is 0 Å². The molecule has 0 radical (unpaired) electrons. The van der Waals surface area contributed by atoms with Gasteiger partial charge in [0.15, 0.2) is 11.5 Å². The van der Waals surface area contributed by atoms with Gasteiger partial charge in [0.05, 0.1) is 13.2 Å². The lowest BCUT2D eigenvalue weighted by molar-refractivity contribution is 0.257. The molecule has 4 nitrogen and oxygen atoms in total. The first-order valence-electron chi connectivity index (χ1n) is 12.0. The van der Waals surface area contributed by atoms with Gasteiger partial charge in [-0.3, -0.25) is 0 Å². The third kappa shape index (κ3) is 13.4. The summed E-state index contributed by atoms with van der Waals surface area (Å²) < 4.78 is 12.1. The number of rotatable bonds is 19. The molecule has 0 fully saturated rings. The lowest BCUT2D eigenvalue weighted by Gasteiger charge is -2.17. The van der Waals surface area contributed by atoms with Gasteiger partial charge in [0.2, 0.25) is 0 Å². The van der Waals surface area contributed by atoms with Crippen LogP contribution in [0, 0.1) is 0 Å². The molecule has 1 aromatic rings. The molecule has 0 aromatic heterocycles. The van der Waals surface area contributed by atoms with Gasteiger partial charge >= 0.3 is 0 Å². The second-order valence-corrected chi connectivity index (χ2v) is 8.06. The molecule has 1 unspecified atom stereocenters. The van der Waals surface area contributed by atoms with E-state index in [9.17, 15) is 0 Å². The summed E-state index contributed by atoms with van der Waals surface area (Å²) in [5, 5.41) is 9.17. The van der Waals surface area contributed by atoms with Crippen LogP contribution in [0.4, 0.5) is 0 Å². The van der Waals surface area contributed by atoms with E-state index in [4.69, 9.17) is 20.3 Å². The summed E-state index contributed by atoms with van der Waals surface area (Å²) in [4.78, 5) is 0. The molecule has 0 spiro atoms. The first-order chi connectivity index (χ1) is 14.2. The van der Waals surface area contributed by atoms with Crippen molar-refractivity contribution < 1.29 is 14.6 Å². The summed E-state index contributed by atoms with van der Waals surface area (Å²) >= 11 is 0. The van der Waals surface area contributed by atoms with Gasteiger partial charge in [-0.15, -0.1) is 12.4 Å². The smallest absolute Gasteiger partial charge is 0.161 e. The molecule has 1 aromatic carbocycles. The normalized spacial score (nSPS) is 11.7. The standard InChI is InChI=1S/C25H45NO3.ClH/c1-3-5-7-9-11-13-19-28-24-16-15-22(23(26)17-18-27)21-25(24)29-20-14-12-10-8-6-4-2;/h15-16,21,23,27H,3-14,17-20,26H2,1-2H3;1H. The second kappa shape index (κ2) is 20.0. The molecular formula is C25H46ClNO3. The van der Waals surface area contributed by atoms with Crippen LogP contribution in [-0.2, 0) is 0 Å². The number of hydrogen-bond acceptors (Lipinski definition) is 4. The van der Waals surface area contributed by atoms with E-state index in [1.165, 1.54) is 64.2 Å². The van der Waals surface area contributed by atoms with Crippen molar-refractivity contribution in [2.75, 3.05) is 19.8 Å². The minimum atomic E-state index is -0.177. The topological polar surface area (TPSA) is 64.7 Å². The number of nitrogens with two attached hydrogens (primary N) is 1. The van der Waals surface area contributed by atoms with Crippen molar-refractivity contribution in [1.29, 1.82) is 0 Å². The number of halogens is 1. The van der Waals surface area contributed by atoms with Crippen LogP contribution in [-0.4, -0.2) is 24.9 Å². The molecule has 0 saturated carbocycles. The van der Waals surface area contributed by atoms with Crippen LogP contribution in [0.5, 0.6) is 11.5 Å².